The van der Waals surface area contributed by atoms with Crippen LogP contribution in [0.3, 0.4) is 0 Å². The van der Waals surface area contributed by atoms with Gasteiger partial charge in [0.25, 0.3) is 0 Å². The van der Waals surface area contributed by atoms with Crippen molar-refractivity contribution in [2.24, 2.45) is 10.4 Å². The maximum absolute atomic E-state index is 5.64. The fourth-order valence-corrected chi connectivity index (χ4v) is 2.99. The van der Waals surface area contributed by atoms with Crippen LogP contribution in [0.2, 0.25) is 0 Å². The minimum atomic E-state index is 0. The molecule has 7 heteroatoms. The van der Waals surface area contributed by atoms with Crippen LogP contribution in [0.25, 0.3) is 0 Å². The van der Waals surface area contributed by atoms with Crippen molar-refractivity contribution in [3.05, 3.63) is 24.4 Å². The second-order valence-electron chi connectivity index (χ2n) is 7.45. The third-order valence-corrected chi connectivity index (χ3v) is 4.54. The summed E-state index contributed by atoms with van der Waals surface area (Å²) in [7, 11) is 1.77. The molecular formula is C19H34IN5O. The van der Waals surface area contributed by atoms with E-state index in [-0.39, 0.29) is 35.5 Å². The topological polar surface area (TPSA) is 53.0 Å². The van der Waals surface area contributed by atoms with E-state index < -0.39 is 0 Å². The fourth-order valence-electron chi connectivity index (χ4n) is 2.99. The Labute approximate surface area is 175 Å². The molecule has 0 saturated carbocycles. The molecule has 1 aliphatic heterocycles. The zero-order valence-corrected chi connectivity index (χ0v) is 19.1. The lowest BCUT2D eigenvalue weighted by Gasteiger charge is -2.37. The maximum Gasteiger partial charge on any atom is 0.194 e. The van der Waals surface area contributed by atoms with E-state index in [1.165, 1.54) is 0 Å². The number of aliphatic imine (C=N–C) groups is 1. The summed E-state index contributed by atoms with van der Waals surface area (Å²) >= 11 is 0. The van der Waals surface area contributed by atoms with Crippen LogP contribution in [0, 0.1) is 5.41 Å². The Hall–Kier alpha value is -1.09. The number of rotatable bonds is 5. The van der Waals surface area contributed by atoms with E-state index in [1.54, 1.807) is 7.11 Å². The Balaban J connectivity index is 0.00000338. The Kier molecular flexibility index (Phi) is 9.63. The average molecular weight is 475 g/mol. The van der Waals surface area contributed by atoms with Gasteiger partial charge in [0.1, 0.15) is 5.82 Å². The van der Waals surface area contributed by atoms with Gasteiger partial charge >= 0.3 is 0 Å². The number of hydrogen-bond acceptors (Lipinski definition) is 4. The number of nitrogens with one attached hydrogen (secondary N) is 1. The van der Waals surface area contributed by atoms with Crippen LogP contribution in [0.1, 0.15) is 27.7 Å². The lowest BCUT2D eigenvalue weighted by Crippen LogP contribution is -2.53. The molecule has 1 fully saturated rings. The third kappa shape index (κ3) is 6.57. The Bertz CT molecular complexity index is 539. The summed E-state index contributed by atoms with van der Waals surface area (Å²) in [5.41, 5.74) is 0.0766. The van der Waals surface area contributed by atoms with Crippen molar-refractivity contribution < 1.29 is 4.74 Å². The Morgan fingerprint density at radius 1 is 1.27 bits per heavy atom. The summed E-state index contributed by atoms with van der Waals surface area (Å²) in [4.78, 5) is 14.0. The number of methoxy groups -OCH3 is 1. The van der Waals surface area contributed by atoms with Crippen LogP contribution in [0.5, 0.6) is 0 Å². The number of hydrogen-bond donors (Lipinski definition) is 1. The second-order valence-corrected chi connectivity index (χ2v) is 7.45. The molecule has 26 heavy (non-hydrogen) atoms. The van der Waals surface area contributed by atoms with Gasteiger partial charge in [0.05, 0.1) is 12.6 Å². The molecule has 1 saturated heterocycles. The van der Waals surface area contributed by atoms with Crippen molar-refractivity contribution in [2.45, 2.75) is 33.8 Å². The number of nitrogens with zero attached hydrogens (tertiary/aromatic N) is 4. The molecule has 0 bridgehead atoms. The second kappa shape index (κ2) is 10.9. The highest BCUT2D eigenvalue weighted by molar-refractivity contribution is 14.0. The number of guanidine groups is 1. The van der Waals surface area contributed by atoms with Crippen LogP contribution >= 0.6 is 24.0 Å². The molecule has 148 valence electrons. The van der Waals surface area contributed by atoms with Crippen molar-refractivity contribution in [3.63, 3.8) is 0 Å². The van der Waals surface area contributed by atoms with E-state index in [0.29, 0.717) is 6.54 Å². The minimum absolute atomic E-state index is 0. The molecular weight excluding hydrogens is 441 g/mol. The lowest BCUT2D eigenvalue weighted by atomic mass is 9.89. The molecule has 0 aliphatic carbocycles. The molecule has 2 heterocycles. The molecule has 1 unspecified atom stereocenters. The van der Waals surface area contributed by atoms with Gasteiger partial charge in [0.15, 0.2) is 5.96 Å². The highest BCUT2D eigenvalue weighted by atomic mass is 127. The third-order valence-electron chi connectivity index (χ3n) is 4.54. The monoisotopic (exact) mass is 475 g/mol. The number of ether oxygens (including phenoxy) is 1. The van der Waals surface area contributed by atoms with Crippen LogP contribution in [-0.2, 0) is 4.74 Å². The average Bonchev–Trinajstić information content (AvgIpc) is 2.61. The van der Waals surface area contributed by atoms with E-state index in [4.69, 9.17) is 9.73 Å². The van der Waals surface area contributed by atoms with Gasteiger partial charge < -0.3 is 19.9 Å². The van der Waals surface area contributed by atoms with Crippen molar-refractivity contribution in [3.8, 4) is 0 Å². The van der Waals surface area contributed by atoms with Gasteiger partial charge in [-0.05, 0) is 24.5 Å². The predicted octanol–water partition coefficient (Wildman–Crippen LogP) is 2.85. The smallest absolute Gasteiger partial charge is 0.194 e. The first-order chi connectivity index (χ1) is 12.0. The van der Waals surface area contributed by atoms with Gasteiger partial charge in [-0.25, -0.2) is 4.98 Å². The van der Waals surface area contributed by atoms with Gasteiger partial charge in [-0.1, -0.05) is 26.8 Å². The van der Waals surface area contributed by atoms with Gasteiger partial charge in [-0.2, -0.15) is 0 Å². The molecule has 2 rings (SSSR count). The zero-order valence-electron chi connectivity index (χ0n) is 16.7. The van der Waals surface area contributed by atoms with E-state index in [0.717, 1.165) is 44.5 Å². The molecule has 1 atom stereocenters. The lowest BCUT2D eigenvalue weighted by molar-refractivity contribution is 0.0239. The standard InChI is InChI=1S/C19H33N5O.HI/c1-6-20-18(22-15-16(25-5)19(2,3)4)24-13-11-23(12-14-24)17-9-7-8-10-21-17;/h7-10,16H,6,11-15H2,1-5H3,(H,20,22);1H. The number of halogens is 1. The van der Waals surface area contributed by atoms with Gasteiger partial charge in [0, 0.05) is 46.0 Å². The van der Waals surface area contributed by atoms with Gasteiger partial charge in [-0.3, -0.25) is 4.99 Å². The fraction of sp³-hybridized carbons (Fsp3) is 0.684. The van der Waals surface area contributed by atoms with E-state index in [1.807, 2.05) is 18.3 Å². The summed E-state index contributed by atoms with van der Waals surface area (Å²) in [6, 6.07) is 6.07. The quantitative estimate of drug-likeness (QED) is 0.404. The van der Waals surface area contributed by atoms with Crippen LogP contribution < -0.4 is 10.2 Å². The van der Waals surface area contributed by atoms with E-state index in [9.17, 15) is 0 Å². The first-order valence-electron chi connectivity index (χ1n) is 9.17. The largest absolute Gasteiger partial charge is 0.379 e. The molecule has 0 spiro atoms. The van der Waals surface area contributed by atoms with Crippen molar-refractivity contribution in [1.82, 2.24) is 15.2 Å². The molecule has 1 aliphatic rings. The highest BCUT2D eigenvalue weighted by Crippen LogP contribution is 2.22. The molecule has 0 radical (unpaired) electrons. The van der Waals surface area contributed by atoms with Crippen LogP contribution in [-0.4, -0.2) is 68.3 Å². The molecule has 1 aromatic rings. The van der Waals surface area contributed by atoms with Crippen LogP contribution in [0.15, 0.2) is 29.4 Å². The maximum atomic E-state index is 5.64. The highest BCUT2D eigenvalue weighted by Gasteiger charge is 2.25. The van der Waals surface area contributed by atoms with Gasteiger partial charge in [-0.15, -0.1) is 24.0 Å². The van der Waals surface area contributed by atoms with Gasteiger partial charge in [0.2, 0.25) is 0 Å². The summed E-state index contributed by atoms with van der Waals surface area (Å²) in [6.07, 6.45) is 1.96. The molecule has 0 amide bonds. The Morgan fingerprint density at radius 3 is 2.46 bits per heavy atom. The minimum Gasteiger partial charge on any atom is -0.379 e. The summed E-state index contributed by atoms with van der Waals surface area (Å²) in [6.45, 7) is 14.0. The first kappa shape index (κ1) is 23.0. The van der Waals surface area contributed by atoms with E-state index in [2.05, 4.69) is 53.9 Å². The molecule has 1 aromatic heterocycles. The number of anilines is 1. The SMILES string of the molecule is CCNC(=NCC(OC)C(C)(C)C)N1CCN(c2ccccn2)CC1.I. The van der Waals surface area contributed by atoms with Crippen molar-refractivity contribution in [2.75, 3.05) is 51.3 Å². The predicted molar refractivity (Wildman–Crippen MR) is 120 cm³/mol. The molecule has 6 nitrogen and oxygen atoms in total. The Morgan fingerprint density at radius 2 is 1.96 bits per heavy atom. The summed E-state index contributed by atoms with van der Waals surface area (Å²) < 4.78 is 5.64. The molecule has 0 aromatic carbocycles. The number of piperazine rings is 1. The molecule has 1 N–H and O–H groups in total. The van der Waals surface area contributed by atoms with Crippen molar-refractivity contribution >= 4 is 35.8 Å². The zero-order chi connectivity index (χ0) is 18.3. The summed E-state index contributed by atoms with van der Waals surface area (Å²) in [5, 5.41) is 3.42. The number of pyridine rings is 1. The van der Waals surface area contributed by atoms with Crippen LogP contribution in [0.4, 0.5) is 5.82 Å². The van der Waals surface area contributed by atoms with Crippen molar-refractivity contribution in [1.29, 1.82) is 0 Å². The number of aromatic nitrogens is 1. The normalized spacial score (nSPS) is 16.9. The summed E-state index contributed by atoms with van der Waals surface area (Å²) in [5.74, 6) is 2.03. The van der Waals surface area contributed by atoms with E-state index >= 15 is 0 Å². The first-order valence-corrected chi connectivity index (χ1v) is 9.17.